The van der Waals surface area contributed by atoms with E-state index >= 15 is 0 Å². The van der Waals surface area contributed by atoms with Crippen LogP contribution < -0.4 is 11.1 Å². The Kier molecular flexibility index (Phi) is 5.68. The molecule has 0 atom stereocenters. The molecule has 136 valence electrons. The Morgan fingerprint density at radius 2 is 1.96 bits per heavy atom. The van der Waals surface area contributed by atoms with Crippen molar-refractivity contribution in [3.63, 3.8) is 0 Å². The molecule has 3 aromatic rings. The Morgan fingerprint density at radius 3 is 2.62 bits per heavy atom. The lowest BCUT2D eigenvalue weighted by Gasteiger charge is -2.14. The zero-order valence-electron chi connectivity index (χ0n) is 15.1. The molecule has 0 aliphatic heterocycles. The third-order valence-corrected chi connectivity index (χ3v) is 4.16. The molecule has 0 aliphatic carbocycles. The van der Waals surface area contributed by atoms with Gasteiger partial charge in [-0.25, -0.2) is 4.98 Å². The Bertz CT molecular complexity index is 844. The van der Waals surface area contributed by atoms with Gasteiger partial charge in [0.15, 0.2) is 11.7 Å². The summed E-state index contributed by atoms with van der Waals surface area (Å²) in [5.74, 6) is 2.34. The summed E-state index contributed by atoms with van der Waals surface area (Å²) in [4.78, 5) is 8.81. The van der Waals surface area contributed by atoms with Gasteiger partial charge in [-0.15, -0.1) is 0 Å². The van der Waals surface area contributed by atoms with Crippen molar-refractivity contribution in [2.24, 2.45) is 10.7 Å². The molecule has 0 aliphatic rings. The molecule has 0 saturated heterocycles. The molecule has 7 nitrogen and oxygen atoms in total. The number of nitrogens with one attached hydrogen (secondary N) is 2. The summed E-state index contributed by atoms with van der Waals surface area (Å²) < 4.78 is 5.28. The highest BCUT2D eigenvalue weighted by Gasteiger charge is 2.09. The standard InChI is InChI=1S/C19H24N6O/c1-3-13-7-5-8-14(4-2)17(13)23-19(20)21-11-10-16-22-18(25-24-16)15-9-6-12-26-15/h5-9,12H,3-4,10-11H2,1-2H3,(H3,20,21,23)(H,22,24,25). The molecule has 0 fully saturated rings. The van der Waals surface area contributed by atoms with Crippen LogP contribution in [-0.4, -0.2) is 27.7 Å². The summed E-state index contributed by atoms with van der Waals surface area (Å²) in [5, 5.41) is 10.3. The van der Waals surface area contributed by atoms with Crippen molar-refractivity contribution < 1.29 is 4.42 Å². The average molecular weight is 352 g/mol. The van der Waals surface area contributed by atoms with Gasteiger partial charge in [-0.05, 0) is 36.1 Å². The van der Waals surface area contributed by atoms with Crippen molar-refractivity contribution in [2.45, 2.75) is 33.1 Å². The van der Waals surface area contributed by atoms with Crippen molar-refractivity contribution in [3.05, 3.63) is 53.5 Å². The van der Waals surface area contributed by atoms with E-state index in [9.17, 15) is 0 Å². The number of guanidine groups is 1. The van der Waals surface area contributed by atoms with Gasteiger partial charge in [0.2, 0.25) is 5.82 Å². The second-order valence-electron chi connectivity index (χ2n) is 5.88. The Balaban J connectivity index is 1.61. The number of nitrogens with two attached hydrogens (primary N) is 1. The molecule has 0 spiro atoms. The number of anilines is 1. The fourth-order valence-corrected chi connectivity index (χ4v) is 2.78. The van der Waals surface area contributed by atoms with Gasteiger partial charge in [-0.2, -0.15) is 5.10 Å². The number of nitrogens with zero attached hydrogens (tertiary/aromatic N) is 3. The van der Waals surface area contributed by atoms with E-state index in [1.165, 1.54) is 11.1 Å². The number of para-hydroxylation sites is 1. The number of hydrogen-bond donors (Lipinski definition) is 3. The zero-order chi connectivity index (χ0) is 18.4. The molecule has 4 N–H and O–H groups in total. The van der Waals surface area contributed by atoms with E-state index in [0.29, 0.717) is 30.5 Å². The summed E-state index contributed by atoms with van der Waals surface area (Å²) in [6, 6.07) is 9.93. The predicted octanol–water partition coefficient (Wildman–Crippen LogP) is 3.16. The highest BCUT2D eigenvalue weighted by atomic mass is 16.3. The Labute approximate surface area is 152 Å². The highest BCUT2D eigenvalue weighted by Crippen LogP contribution is 2.22. The maximum Gasteiger partial charge on any atom is 0.216 e. The van der Waals surface area contributed by atoms with Crippen LogP contribution in [0.15, 0.2) is 46.0 Å². The summed E-state index contributed by atoms with van der Waals surface area (Å²) >= 11 is 0. The van der Waals surface area contributed by atoms with Gasteiger partial charge >= 0.3 is 0 Å². The van der Waals surface area contributed by atoms with Crippen LogP contribution in [0.4, 0.5) is 5.69 Å². The van der Waals surface area contributed by atoms with Gasteiger partial charge in [-0.1, -0.05) is 32.0 Å². The first-order valence-electron chi connectivity index (χ1n) is 8.84. The third kappa shape index (κ3) is 4.11. The molecule has 26 heavy (non-hydrogen) atoms. The van der Waals surface area contributed by atoms with E-state index in [0.717, 1.165) is 24.4 Å². The predicted molar refractivity (Wildman–Crippen MR) is 103 cm³/mol. The number of H-pyrrole nitrogens is 1. The minimum absolute atomic E-state index is 0.409. The van der Waals surface area contributed by atoms with Crippen LogP contribution in [0.25, 0.3) is 11.6 Å². The van der Waals surface area contributed by atoms with Gasteiger partial charge in [0.1, 0.15) is 5.82 Å². The third-order valence-electron chi connectivity index (χ3n) is 4.16. The second kappa shape index (κ2) is 8.33. The summed E-state index contributed by atoms with van der Waals surface area (Å²) in [6.07, 6.45) is 4.10. The number of aryl methyl sites for hydroxylation is 2. The van der Waals surface area contributed by atoms with Crippen molar-refractivity contribution >= 4 is 11.6 Å². The molecule has 0 bridgehead atoms. The van der Waals surface area contributed by atoms with E-state index < -0.39 is 0 Å². The molecular weight excluding hydrogens is 328 g/mol. The highest BCUT2D eigenvalue weighted by molar-refractivity contribution is 5.93. The largest absolute Gasteiger partial charge is 0.461 e. The first-order valence-corrected chi connectivity index (χ1v) is 8.84. The zero-order valence-corrected chi connectivity index (χ0v) is 15.1. The molecule has 3 rings (SSSR count). The van der Waals surface area contributed by atoms with Crippen LogP contribution in [0.1, 0.15) is 30.8 Å². The van der Waals surface area contributed by atoms with Gasteiger partial charge < -0.3 is 15.5 Å². The topological polar surface area (TPSA) is 105 Å². The van der Waals surface area contributed by atoms with E-state index in [2.05, 4.69) is 57.5 Å². The molecule has 0 saturated carbocycles. The van der Waals surface area contributed by atoms with Crippen LogP contribution in [0.5, 0.6) is 0 Å². The number of aliphatic imine (C=N–C) groups is 1. The van der Waals surface area contributed by atoms with Crippen molar-refractivity contribution in [3.8, 4) is 11.6 Å². The maximum atomic E-state index is 6.08. The smallest absolute Gasteiger partial charge is 0.216 e. The molecule has 0 amide bonds. The average Bonchev–Trinajstić information content (AvgIpc) is 3.33. The second-order valence-corrected chi connectivity index (χ2v) is 5.88. The van der Waals surface area contributed by atoms with E-state index in [1.54, 1.807) is 12.3 Å². The minimum Gasteiger partial charge on any atom is -0.461 e. The van der Waals surface area contributed by atoms with Gasteiger partial charge in [0.25, 0.3) is 0 Å². The number of aromatic nitrogens is 3. The van der Waals surface area contributed by atoms with Gasteiger partial charge in [0, 0.05) is 18.7 Å². The lowest BCUT2D eigenvalue weighted by Crippen LogP contribution is -2.24. The number of rotatable bonds is 7. The van der Waals surface area contributed by atoms with E-state index in [-0.39, 0.29) is 0 Å². The Morgan fingerprint density at radius 1 is 1.19 bits per heavy atom. The quantitative estimate of drug-likeness (QED) is 0.447. The van der Waals surface area contributed by atoms with Crippen molar-refractivity contribution in [2.75, 3.05) is 11.9 Å². The van der Waals surface area contributed by atoms with Gasteiger partial charge in [-0.3, -0.25) is 10.1 Å². The number of aromatic amines is 1. The SMILES string of the molecule is CCc1cccc(CC)c1NC(N)=NCCc1nc(-c2ccco2)n[nH]1. The molecule has 7 heteroatoms. The summed E-state index contributed by atoms with van der Waals surface area (Å²) in [5.41, 5.74) is 9.62. The fourth-order valence-electron chi connectivity index (χ4n) is 2.78. The minimum atomic E-state index is 0.409. The van der Waals surface area contributed by atoms with Crippen LogP contribution in [0.3, 0.4) is 0 Å². The molecule has 0 unspecified atom stereocenters. The van der Waals surface area contributed by atoms with Crippen LogP contribution in [-0.2, 0) is 19.3 Å². The number of furan rings is 1. The van der Waals surface area contributed by atoms with Crippen molar-refractivity contribution in [1.82, 2.24) is 15.2 Å². The lowest BCUT2D eigenvalue weighted by molar-refractivity contribution is 0.577. The molecule has 1 aromatic carbocycles. The van der Waals surface area contributed by atoms with Gasteiger partial charge in [0.05, 0.1) is 6.26 Å². The van der Waals surface area contributed by atoms with Crippen LogP contribution in [0, 0.1) is 0 Å². The molecule has 2 aromatic heterocycles. The Hall–Kier alpha value is -3.09. The molecule has 0 radical (unpaired) electrons. The van der Waals surface area contributed by atoms with Crippen LogP contribution in [0.2, 0.25) is 0 Å². The first kappa shape index (κ1) is 17.7. The summed E-state index contributed by atoms with van der Waals surface area (Å²) in [7, 11) is 0. The normalized spacial score (nSPS) is 11.7. The van der Waals surface area contributed by atoms with Crippen LogP contribution >= 0.6 is 0 Å². The monoisotopic (exact) mass is 352 g/mol. The molecule has 2 heterocycles. The maximum absolute atomic E-state index is 6.08. The number of hydrogen-bond acceptors (Lipinski definition) is 4. The molecular formula is C19H24N6O. The lowest BCUT2D eigenvalue weighted by atomic mass is 10.0. The number of benzene rings is 1. The summed E-state index contributed by atoms with van der Waals surface area (Å²) in [6.45, 7) is 4.78. The van der Waals surface area contributed by atoms with Crippen molar-refractivity contribution in [1.29, 1.82) is 0 Å². The van der Waals surface area contributed by atoms with E-state index in [4.69, 9.17) is 10.2 Å². The van der Waals surface area contributed by atoms with E-state index in [1.807, 2.05) is 6.07 Å². The first-order chi connectivity index (χ1) is 12.7. The fraction of sp³-hybridized carbons (Fsp3) is 0.316.